The van der Waals surface area contributed by atoms with E-state index in [9.17, 15) is 0 Å². The van der Waals surface area contributed by atoms with Gasteiger partial charge >= 0.3 is 0 Å². The minimum atomic E-state index is 1.03. The fourth-order valence-electron chi connectivity index (χ4n) is 1.88. The molecule has 1 heterocycles. The van der Waals surface area contributed by atoms with E-state index in [-0.39, 0.29) is 0 Å². The molecule has 0 radical (unpaired) electrons. The molecule has 1 heteroatoms. The number of aryl methyl sites for hydroxylation is 1. The molecule has 0 saturated carbocycles. The maximum Gasteiger partial charge on any atom is 0.0426 e. The number of hydrogen-bond acceptors (Lipinski definition) is 1. The predicted molar refractivity (Wildman–Crippen MR) is 55.4 cm³/mol. The lowest BCUT2D eigenvalue weighted by molar-refractivity contribution is 0.375. The maximum absolute atomic E-state index is 3.82. The molecule has 2 rings (SSSR count). The second kappa shape index (κ2) is 3.65. The molecule has 0 atom stereocenters. The monoisotopic (exact) mass is 173 g/mol. The predicted octanol–water partition coefficient (Wildman–Crippen LogP) is 2.58. The number of nitrogens with zero attached hydrogens (tertiary/aromatic N) is 1. The van der Waals surface area contributed by atoms with Crippen LogP contribution in [0.3, 0.4) is 0 Å². The molecule has 13 heavy (non-hydrogen) atoms. The number of fused-ring (bicyclic) bond motifs is 1. The summed E-state index contributed by atoms with van der Waals surface area (Å²) in [6.07, 6.45) is 4.39. The van der Waals surface area contributed by atoms with E-state index in [4.69, 9.17) is 0 Å². The van der Waals surface area contributed by atoms with E-state index in [0.717, 1.165) is 13.1 Å². The largest absolute Gasteiger partial charge is 0.374 e. The highest BCUT2D eigenvalue weighted by atomic mass is 15.1. The Bertz CT molecular complexity index is 304. The Hall–Kier alpha value is -1.24. The summed E-state index contributed by atoms with van der Waals surface area (Å²) >= 11 is 0. The first-order valence-corrected chi connectivity index (χ1v) is 4.83. The van der Waals surface area contributed by atoms with Gasteiger partial charge in [0, 0.05) is 13.1 Å². The second-order valence-corrected chi connectivity index (χ2v) is 3.53. The van der Waals surface area contributed by atoms with Crippen LogP contribution >= 0.6 is 0 Å². The van der Waals surface area contributed by atoms with Gasteiger partial charge < -0.3 is 4.90 Å². The van der Waals surface area contributed by atoms with Gasteiger partial charge in [-0.05, 0) is 30.2 Å². The van der Waals surface area contributed by atoms with Gasteiger partial charge in [0.1, 0.15) is 0 Å². The first kappa shape index (κ1) is 8.36. The zero-order valence-electron chi connectivity index (χ0n) is 7.87. The standard InChI is InChI=1S/C12H15N/c1-2-13-9-5-8-11-6-3-4-7-12(11)10-13/h2-4,6-7H,1,5,8-10H2. The van der Waals surface area contributed by atoms with E-state index in [2.05, 4.69) is 35.7 Å². The van der Waals surface area contributed by atoms with Gasteiger partial charge in [-0.2, -0.15) is 0 Å². The SMILES string of the molecule is C=CN1CCCc2ccccc2C1. The first-order chi connectivity index (χ1) is 6.40. The van der Waals surface area contributed by atoms with Crippen LogP contribution in [0.4, 0.5) is 0 Å². The summed E-state index contributed by atoms with van der Waals surface area (Å²) in [7, 11) is 0. The van der Waals surface area contributed by atoms with Crippen molar-refractivity contribution >= 4 is 0 Å². The molecule has 0 unspecified atom stereocenters. The Morgan fingerprint density at radius 2 is 2.00 bits per heavy atom. The summed E-state index contributed by atoms with van der Waals surface area (Å²) in [4.78, 5) is 2.28. The van der Waals surface area contributed by atoms with E-state index in [0.29, 0.717) is 0 Å². The van der Waals surface area contributed by atoms with Crippen LogP contribution in [0, 0.1) is 0 Å². The highest BCUT2D eigenvalue weighted by Crippen LogP contribution is 2.17. The third-order valence-electron chi connectivity index (χ3n) is 2.64. The Morgan fingerprint density at radius 1 is 1.23 bits per heavy atom. The van der Waals surface area contributed by atoms with Crippen molar-refractivity contribution < 1.29 is 0 Å². The fraction of sp³-hybridized carbons (Fsp3) is 0.333. The molecule has 1 aliphatic rings. The lowest BCUT2D eigenvalue weighted by atomic mass is 10.0. The van der Waals surface area contributed by atoms with Crippen LogP contribution in [0.1, 0.15) is 17.5 Å². The summed E-state index contributed by atoms with van der Waals surface area (Å²) in [5.41, 5.74) is 2.96. The van der Waals surface area contributed by atoms with Gasteiger partial charge in [-0.3, -0.25) is 0 Å². The normalized spacial score (nSPS) is 16.2. The van der Waals surface area contributed by atoms with Crippen molar-refractivity contribution in [1.29, 1.82) is 0 Å². The molecular formula is C12H15N. The minimum absolute atomic E-state index is 1.03. The number of rotatable bonds is 1. The highest BCUT2D eigenvalue weighted by Gasteiger charge is 2.09. The van der Waals surface area contributed by atoms with Crippen molar-refractivity contribution in [3.63, 3.8) is 0 Å². The van der Waals surface area contributed by atoms with Crippen molar-refractivity contribution in [1.82, 2.24) is 4.90 Å². The van der Waals surface area contributed by atoms with Crippen molar-refractivity contribution in [3.8, 4) is 0 Å². The molecule has 1 aromatic carbocycles. The van der Waals surface area contributed by atoms with Crippen LogP contribution in [-0.2, 0) is 13.0 Å². The van der Waals surface area contributed by atoms with Crippen molar-refractivity contribution in [3.05, 3.63) is 48.2 Å². The second-order valence-electron chi connectivity index (χ2n) is 3.53. The van der Waals surface area contributed by atoms with Crippen LogP contribution in [0.25, 0.3) is 0 Å². The molecule has 0 aliphatic carbocycles. The van der Waals surface area contributed by atoms with Crippen LogP contribution < -0.4 is 0 Å². The third kappa shape index (κ3) is 1.74. The first-order valence-electron chi connectivity index (χ1n) is 4.83. The summed E-state index contributed by atoms with van der Waals surface area (Å²) in [5.74, 6) is 0. The Labute approximate surface area is 79.7 Å². The van der Waals surface area contributed by atoms with E-state index in [1.54, 1.807) is 0 Å². The van der Waals surface area contributed by atoms with Crippen LogP contribution in [-0.4, -0.2) is 11.4 Å². The van der Waals surface area contributed by atoms with Gasteiger partial charge in [-0.1, -0.05) is 30.8 Å². The summed E-state index contributed by atoms with van der Waals surface area (Å²) < 4.78 is 0. The van der Waals surface area contributed by atoms with E-state index in [1.807, 2.05) is 6.20 Å². The highest BCUT2D eigenvalue weighted by molar-refractivity contribution is 5.28. The smallest absolute Gasteiger partial charge is 0.0426 e. The molecule has 0 aromatic heterocycles. The van der Waals surface area contributed by atoms with Crippen molar-refractivity contribution in [2.75, 3.05) is 6.54 Å². The molecule has 0 spiro atoms. The zero-order valence-corrected chi connectivity index (χ0v) is 7.87. The number of hydrogen-bond donors (Lipinski definition) is 0. The molecular weight excluding hydrogens is 158 g/mol. The molecule has 1 nitrogen and oxygen atoms in total. The van der Waals surface area contributed by atoms with Crippen molar-refractivity contribution in [2.24, 2.45) is 0 Å². The average Bonchev–Trinajstić information content (AvgIpc) is 2.38. The Morgan fingerprint density at radius 3 is 2.77 bits per heavy atom. The van der Waals surface area contributed by atoms with Gasteiger partial charge in [0.25, 0.3) is 0 Å². The van der Waals surface area contributed by atoms with Gasteiger partial charge in [-0.15, -0.1) is 0 Å². The Balaban J connectivity index is 2.28. The zero-order chi connectivity index (χ0) is 9.10. The van der Waals surface area contributed by atoms with Crippen LogP contribution in [0.15, 0.2) is 37.0 Å². The third-order valence-corrected chi connectivity index (χ3v) is 2.64. The summed E-state index contributed by atoms with van der Waals surface area (Å²) in [6, 6.07) is 8.70. The maximum atomic E-state index is 3.82. The molecule has 0 saturated heterocycles. The molecule has 68 valence electrons. The van der Waals surface area contributed by atoms with Crippen LogP contribution in [0.2, 0.25) is 0 Å². The molecule has 0 fully saturated rings. The lowest BCUT2D eigenvalue weighted by Crippen LogP contribution is -2.15. The summed E-state index contributed by atoms with van der Waals surface area (Å²) in [5, 5.41) is 0. The minimum Gasteiger partial charge on any atom is -0.374 e. The Kier molecular flexibility index (Phi) is 2.35. The van der Waals surface area contributed by atoms with Gasteiger partial charge in [0.15, 0.2) is 0 Å². The van der Waals surface area contributed by atoms with Gasteiger partial charge in [-0.25, -0.2) is 0 Å². The fourth-order valence-corrected chi connectivity index (χ4v) is 1.88. The quantitative estimate of drug-likeness (QED) is 0.631. The van der Waals surface area contributed by atoms with Crippen molar-refractivity contribution in [2.45, 2.75) is 19.4 Å². The molecule has 0 bridgehead atoms. The average molecular weight is 173 g/mol. The topological polar surface area (TPSA) is 3.24 Å². The molecule has 0 amide bonds. The van der Waals surface area contributed by atoms with Gasteiger partial charge in [0.05, 0.1) is 0 Å². The molecule has 1 aromatic rings. The van der Waals surface area contributed by atoms with Gasteiger partial charge in [0.2, 0.25) is 0 Å². The van der Waals surface area contributed by atoms with Crippen LogP contribution in [0.5, 0.6) is 0 Å². The molecule has 1 aliphatic heterocycles. The summed E-state index contributed by atoms with van der Waals surface area (Å²) in [6.45, 7) is 5.99. The molecule has 0 N–H and O–H groups in total. The number of benzene rings is 1. The lowest BCUT2D eigenvalue weighted by Gasteiger charge is -2.16. The van der Waals surface area contributed by atoms with E-state index in [1.165, 1.54) is 24.0 Å². The van der Waals surface area contributed by atoms with E-state index >= 15 is 0 Å². The van der Waals surface area contributed by atoms with E-state index < -0.39 is 0 Å².